The van der Waals surface area contributed by atoms with Gasteiger partial charge in [0.15, 0.2) is 0 Å². The van der Waals surface area contributed by atoms with E-state index in [1.54, 1.807) is 0 Å². The van der Waals surface area contributed by atoms with Gasteiger partial charge in [0.05, 0.1) is 24.3 Å². The van der Waals surface area contributed by atoms with Gasteiger partial charge in [-0.2, -0.15) is 0 Å². The van der Waals surface area contributed by atoms with E-state index in [-0.39, 0.29) is 11.3 Å². The molecule has 1 rings (SSSR count). The molecule has 1 aromatic rings. The highest BCUT2D eigenvalue weighted by atomic mass is 35.5. The molecule has 0 aliphatic carbocycles. The van der Waals surface area contributed by atoms with Gasteiger partial charge in [0.2, 0.25) is 5.91 Å². The van der Waals surface area contributed by atoms with Crippen molar-refractivity contribution in [1.29, 1.82) is 0 Å². The molecule has 0 aliphatic heterocycles. The molecule has 0 saturated carbocycles. The monoisotopic (exact) mass is 313 g/mol. The Kier molecular flexibility index (Phi) is 5.72. The zero-order chi connectivity index (χ0) is 16.2. The number of carboxylic acids is 1. The molecule has 0 saturated heterocycles. The summed E-state index contributed by atoms with van der Waals surface area (Å²) in [5.41, 5.74) is 0.328. The number of nitrogens with one attached hydrogen (secondary N) is 1. The Balaban J connectivity index is 3.01. The van der Waals surface area contributed by atoms with Gasteiger partial charge in [0.25, 0.3) is 0 Å². The summed E-state index contributed by atoms with van der Waals surface area (Å²) in [6, 6.07) is 4.33. The first-order valence-electron chi connectivity index (χ1n) is 6.19. The lowest BCUT2D eigenvalue weighted by molar-refractivity contribution is -0.145. The molecule has 7 heteroatoms. The van der Waals surface area contributed by atoms with Crippen molar-refractivity contribution >= 4 is 35.1 Å². The lowest BCUT2D eigenvalue weighted by Gasteiger charge is -2.17. The first-order valence-corrected chi connectivity index (χ1v) is 6.57. The van der Waals surface area contributed by atoms with Crippen molar-refractivity contribution in [2.24, 2.45) is 11.8 Å². The van der Waals surface area contributed by atoms with E-state index in [0.717, 1.165) is 0 Å². The molecule has 2 atom stereocenters. The molecular weight excluding hydrogens is 298 g/mol. The van der Waals surface area contributed by atoms with Gasteiger partial charge in [-0.15, -0.1) is 0 Å². The first kappa shape index (κ1) is 17.0. The highest BCUT2D eigenvalue weighted by Gasteiger charge is 2.26. The fourth-order valence-electron chi connectivity index (χ4n) is 1.60. The lowest BCUT2D eigenvalue weighted by Crippen LogP contribution is -2.30. The largest absolute Gasteiger partial charge is 0.481 e. The maximum Gasteiger partial charge on any atom is 0.339 e. The van der Waals surface area contributed by atoms with Gasteiger partial charge in [-0.05, 0) is 18.2 Å². The molecule has 2 N–H and O–H groups in total. The van der Waals surface area contributed by atoms with Crippen molar-refractivity contribution in [2.75, 3.05) is 12.4 Å². The molecule has 6 nitrogen and oxygen atoms in total. The Morgan fingerprint density at radius 3 is 2.38 bits per heavy atom. The molecule has 0 fully saturated rings. The Labute approximate surface area is 127 Å². The smallest absolute Gasteiger partial charge is 0.339 e. The third kappa shape index (κ3) is 4.19. The van der Waals surface area contributed by atoms with Crippen LogP contribution in [0.15, 0.2) is 18.2 Å². The Hall–Kier alpha value is -2.08. The number of hydrogen-bond donors (Lipinski definition) is 2. The summed E-state index contributed by atoms with van der Waals surface area (Å²) in [6.45, 7) is 2.93. The van der Waals surface area contributed by atoms with E-state index in [1.807, 2.05) is 0 Å². The molecule has 1 amide bonds. The van der Waals surface area contributed by atoms with Crippen LogP contribution >= 0.6 is 11.6 Å². The van der Waals surface area contributed by atoms with Crippen molar-refractivity contribution in [1.82, 2.24) is 0 Å². The second kappa shape index (κ2) is 7.08. The van der Waals surface area contributed by atoms with Crippen molar-refractivity contribution < 1.29 is 24.2 Å². The van der Waals surface area contributed by atoms with E-state index in [9.17, 15) is 14.4 Å². The third-order valence-electron chi connectivity index (χ3n) is 3.20. The zero-order valence-electron chi connectivity index (χ0n) is 11.8. The van der Waals surface area contributed by atoms with Crippen molar-refractivity contribution in [3.8, 4) is 0 Å². The summed E-state index contributed by atoms with van der Waals surface area (Å²) in [5, 5.41) is 11.8. The number of carbonyl (C=O) groups is 3. The molecule has 0 aromatic heterocycles. The average Bonchev–Trinajstić information content (AvgIpc) is 2.44. The van der Waals surface area contributed by atoms with Crippen LogP contribution in [0.4, 0.5) is 5.69 Å². The van der Waals surface area contributed by atoms with Gasteiger partial charge in [-0.1, -0.05) is 25.4 Å². The number of aliphatic carboxylic acids is 1. The number of rotatable bonds is 5. The molecule has 0 heterocycles. The van der Waals surface area contributed by atoms with Crippen molar-refractivity contribution in [3.05, 3.63) is 28.8 Å². The number of esters is 1. The highest BCUT2D eigenvalue weighted by Crippen LogP contribution is 2.23. The fraction of sp³-hybridized carbons (Fsp3) is 0.357. The predicted octanol–water partition coefficient (Wildman–Crippen LogP) is 2.42. The molecule has 2 unspecified atom stereocenters. The van der Waals surface area contributed by atoms with E-state index in [1.165, 1.54) is 39.2 Å². The standard InChI is InChI=1S/C14H16ClNO5/c1-7(8(2)13(18)19)12(17)16-11-6-9(15)4-5-10(11)14(20)21-3/h4-8H,1-3H3,(H,16,17)(H,18,19). The molecule has 114 valence electrons. The minimum atomic E-state index is -1.07. The van der Waals surface area contributed by atoms with E-state index < -0.39 is 29.7 Å². The van der Waals surface area contributed by atoms with Crippen LogP contribution in [0.25, 0.3) is 0 Å². The summed E-state index contributed by atoms with van der Waals surface area (Å²) in [6.07, 6.45) is 0. The van der Waals surface area contributed by atoms with Gasteiger partial charge in [-0.3, -0.25) is 9.59 Å². The second-order valence-electron chi connectivity index (χ2n) is 4.59. The summed E-state index contributed by atoms with van der Waals surface area (Å²) in [4.78, 5) is 34.6. The van der Waals surface area contributed by atoms with Crippen LogP contribution in [-0.4, -0.2) is 30.1 Å². The van der Waals surface area contributed by atoms with E-state index in [2.05, 4.69) is 10.1 Å². The number of amides is 1. The Morgan fingerprint density at radius 1 is 1.24 bits per heavy atom. The number of carboxylic acid groups (broad SMARTS) is 1. The third-order valence-corrected chi connectivity index (χ3v) is 3.43. The highest BCUT2D eigenvalue weighted by molar-refractivity contribution is 6.31. The number of carbonyl (C=O) groups excluding carboxylic acids is 2. The van der Waals surface area contributed by atoms with E-state index in [4.69, 9.17) is 16.7 Å². The zero-order valence-corrected chi connectivity index (χ0v) is 12.6. The van der Waals surface area contributed by atoms with Crippen LogP contribution in [-0.2, 0) is 14.3 Å². The van der Waals surface area contributed by atoms with Crippen molar-refractivity contribution in [2.45, 2.75) is 13.8 Å². The minimum Gasteiger partial charge on any atom is -0.481 e. The van der Waals surface area contributed by atoms with Crippen LogP contribution < -0.4 is 5.32 Å². The fourth-order valence-corrected chi connectivity index (χ4v) is 1.77. The Bertz CT molecular complexity index is 572. The normalized spacial score (nSPS) is 13.1. The summed E-state index contributed by atoms with van der Waals surface area (Å²) < 4.78 is 4.62. The predicted molar refractivity (Wildman–Crippen MR) is 77.4 cm³/mol. The second-order valence-corrected chi connectivity index (χ2v) is 5.02. The molecule has 21 heavy (non-hydrogen) atoms. The number of anilines is 1. The molecule has 0 bridgehead atoms. The minimum absolute atomic E-state index is 0.144. The molecule has 0 radical (unpaired) electrons. The number of methoxy groups -OCH3 is 1. The average molecular weight is 314 g/mol. The van der Waals surface area contributed by atoms with Crippen LogP contribution in [0.1, 0.15) is 24.2 Å². The van der Waals surface area contributed by atoms with Gasteiger partial charge in [0, 0.05) is 10.9 Å². The van der Waals surface area contributed by atoms with Crippen LogP contribution in [0, 0.1) is 11.8 Å². The van der Waals surface area contributed by atoms with E-state index in [0.29, 0.717) is 5.02 Å². The van der Waals surface area contributed by atoms with Gasteiger partial charge < -0.3 is 15.2 Å². The Morgan fingerprint density at radius 2 is 1.86 bits per heavy atom. The quantitative estimate of drug-likeness (QED) is 0.814. The molecule has 0 aliphatic rings. The summed E-state index contributed by atoms with van der Waals surface area (Å²) >= 11 is 5.84. The summed E-state index contributed by atoms with van der Waals surface area (Å²) in [5.74, 6) is -3.84. The molecule has 1 aromatic carbocycles. The number of halogens is 1. The SMILES string of the molecule is COC(=O)c1ccc(Cl)cc1NC(=O)C(C)C(C)C(=O)O. The summed E-state index contributed by atoms with van der Waals surface area (Å²) in [7, 11) is 1.22. The van der Waals surface area contributed by atoms with Crippen LogP contribution in [0.3, 0.4) is 0 Å². The molecule has 0 spiro atoms. The number of ether oxygens (including phenoxy) is 1. The maximum absolute atomic E-state index is 12.1. The van der Waals surface area contributed by atoms with Gasteiger partial charge in [0.1, 0.15) is 0 Å². The van der Waals surface area contributed by atoms with Gasteiger partial charge in [-0.25, -0.2) is 4.79 Å². The number of hydrogen-bond acceptors (Lipinski definition) is 4. The first-order chi connectivity index (χ1) is 9.77. The lowest BCUT2D eigenvalue weighted by atomic mass is 9.95. The van der Waals surface area contributed by atoms with Crippen LogP contribution in [0.5, 0.6) is 0 Å². The molecular formula is C14H16ClNO5. The number of benzene rings is 1. The van der Waals surface area contributed by atoms with E-state index >= 15 is 0 Å². The van der Waals surface area contributed by atoms with Gasteiger partial charge >= 0.3 is 11.9 Å². The topological polar surface area (TPSA) is 92.7 Å². The van der Waals surface area contributed by atoms with Crippen LogP contribution in [0.2, 0.25) is 5.02 Å². The maximum atomic E-state index is 12.1. The van der Waals surface area contributed by atoms with Crippen molar-refractivity contribution in [3.63, 3.8) is 0 Å².